The van der Waals surface area contributed by atoms with Crippen molar-refractivity contribution in [2.75, 3.05) is 30.8 Å². The lowest BCUT2D eigenvalue weighted by Crippen LogP contribution is -2.34. The van der Waals surface area contributed by atoms with Crippen LogP contribution >= 0.6 is 34.8 Å². The summed E-state index contributed by atoms with van der Waals surface area (Å²) in [6.45, 7) is 0.536. The number of nitrogens with zero attached hydrogens (tertiary/aromatic N) is 4. The summed E-state index contributed by atoms with van der Waals surface area (Å²) in [4.78, 5) is 57.5. The number of halogens is 3. The van der Waals surface area contributed by atoms with Gasteiger partial charge in [0.05, 0.1) is 17.6 Å². The summed E-state index contributed by atoms with van der Waals surface area (Å²) in [7, 11) is 0. The second-order valence-electron chi connectivity index (χ2n) is 6.91. The zero-order chi connectivity index (χ0) is 26.5. The molecule has 0 aliphatic heterocycles. The number of ether oxygens (including phenoxy) is 2. The number of fused-ring (bicyclic) bond motifs is 1. The first kappa shape index (κ1) is 26.9. The van der Waals surface area contributed by atoms with Gasteiger partial charge >= 0.3 is 12.1 Å². The van der Waals surface area contributed by atoms with Crippen molar-refractivity contribution in [2.24, 2.45) is 0 Å². The smallest absolute Gasteiger partial charge is 0.407 e. The molecule has 13 nitrogen and oxygen atoms in total. The molecular formula is C20H18Cl3N7O6. The molecule has 0 fully saturated rings. The van der Waals surface area contributed by atoms with Crippen LogP contribution in [0, 0.1) is 0 Å². The number of pyridine rings is 2. The molecule has 3 heterocycles. The van der Waals surface area contributed by atoms with E-state index < -0.39 is 40.8 Å². The fourth-order valence-electron chi connectivity index (χ4n) is 2.79. The Labute approximate surface area is 218 Å². The highest BCUT2D eigenvalue weighted by Crippen LogP contribution is 2.27. The highest BCUT2D eigenvalue weighted by atomic mass is 35.6. The Hall–Kier alpha value is -3.68. The predicted octanol–water partition coefficient (Wildman–Crippen LogP) is 2.57. The van der Waals surface area contributed by atoms with Crippen molar-refractivity contribution in [3.05, 3.63) is 41.7 Å². The standard InChI is InChI=1S/C20H18Cl3N7O6/c1-2-35-18(33)11-6-12-15(28-17(32)10-4-3-5-25-7-10)29-30(16(12)27-14(11)24)13(31)8-26-19(34)36-9-20(21,22)23/h3-7H,2,8-9H2,1H3,(H2,24,27)(H,26,34)(H,28,29,32). The van der Waals surface area contributed by atoms with Gasteiger partial charge in [-0.15, -0.1) is 5.10 Å². The lowest BCUT2D eigenvalue weighted by atomic mass is 10.2. The molecule has 3 aromatic heterocycles. The number of aromatic nitrogens is 4. The van der Waals surface area contributed by atoms with Crippen molar-refractivity contribution in [3.8, 4) is 0 Å². The van der Waals surface area contributed by atoms with Gasteiger partial charge in [0.15, 0.2) is 11.5 Å². The van der Waals surface area contributed by atoms with E-state index in [0.29, 0.717) is 0 Å². The summed E-state index contributed by atoms with van der Waals surface area (Å²) in [6, 6.07) is 4.36. The van der Waals surface area contributed by atoms with Gasteiger partial charge in [0, 0.05) is 12.4 Å². The molecule has 0 atom stereocenters. The van der Waals surface area contributed by atoms with Crippen LogP contribution in [0.25, 0.3) is 11.0 Å². The summed E-state index contributed by atoms with van der Waals surface area (Å²) in [5.74, 6) is -2.49. The molecule has 0 radical (unpaired) electrons. The molecular weight excluding hydrogens is 541 g/mol. The molecule has 0 aliphatic carbocycles. The van der Waals surface area contributed by atoms with Crippen LogP contribution in [0.4, 0.5) is 16.4 Å². The van der Waals surface area contributed by atoms with Gasteiger partial charge in [-0.2, -0.15) is 4.68 Å². The summed E-state index contributed by atoms with van der Waals surface area (Å²) in [6.07, 6.45) is 1.78. The van der Waals surface area contributed by atoms with E-state index in [0.717, 1.165) is 4.68 Å². The number of anilines is 2. The van der Waals surface area contributed by atoms with Crippen LogP contribution in [0.3, 0.4) is 0 Å². The molecule has 190 valence electrons. The van der Waals surface area contributed by atoms with Gasteiger partial charge < -0.3 is 25.8 Å². The Morgan fingerprint density at radius 2 is 1.94 bits per heavy atom. The zero-order valence-electron chi connectivity index (χ0n) is 18.5. The van der Waals surface area contributed by atoms with Gasteiger partial charge in [0.1, 0.15) is 24.5 Å². The number of alkyl carbamates (subject to hydrolysis) is 1. The minimum atomic E-state index is -1.83. The largest absolute Gasteiger partial charge is 0.462 e. The molecule has 3 aromatic rings. The Morgan fingerprint density at radius 3 is 2.58 bits per heavy atom. The topological polar surface area (TPSA) is 180 Å². The first-order chi connectivity index (χ1) is 17.0. The van der Waals surface area contributed by atoms with E-state index in [1.54, 1.807) is 13.0 Å². The van der Waals surface area contributed by atoms with Gasteiger partial charge in [-0.05, 0) is 25.1 Å². The summed E-state index contributed by atoms with van der Waals surface area (Å²) < 4.78 is 8.64. The average molecular weight is 559 g/mol. The SMILES string of the molecule is CCOC(=O)c1cc2c(NC(=O)c3cccnc3)nn(C(=O)CNC(=O)OCC(Cl)(Cl)Cl)c2nc1N. The second kappa shape index (κ2) is 11.4. The maximum Gasteiger partial charge on any atom is 0.407 e. The van der Waals surface area contributed by atoms with E-state index in [-0.39, 0.29) is 40.4 Å². The number of carbonyl (C=O) groups is 4. The van der Waals surface area contributed by atoms with Gasteiger partial charge in [-0.25, -0.2) is 14.6 Å². The molecule has 4 N–H and O–H groups in total. The van der Waals surface area contributed by atoms with Crippen LogP contribution in [0.15, 0.2) is 30.6 Å². The molecule has 0 aromatic carbocycles. The number of alkyl halides is 3. The highest BCUT2D eigenvalue weighted by molar-refractivity contribution is 6.67. The normalized spacial score (nSPS) is 11.1. The van der Waals surface area contributed by atoms with Gasteiger partial charge in [-0.1, -0.05) is 34.8 Å². The Balaban J connectivity index is 1.93. The van der Waals surface area contributed by atoms with Crippen molar-refractivity contribution in [1.29, 1.82) is 0 Å². The summed E-state index contributed by atoms with van der Waals surface area (Å²) in [5, 5.41) is 8.93. The molecule has 0 unspecified atom stereocenters. The fraction of sp³-hybridized carbons (Fsp3) is 0.250. The molecule has 0 saturated carbocycles. The summed E-state index contributed by atoms with van der Waals surface area (Å²) in [5.41, 5.74) is 5.92. The molecule has 36 heavy (non-hydrogen) atoms. The maximum atomic E-state index is 12.8. The second-order valence-corrected chi connectivity index (χ2v) is 9.42. The maximum absolute atomic E-state index is 12.8. The number of esters is 1. The number of amides is 2. The third-order valence-electron chi connectivity index (χ3n) is 4.33. The van der Waals surface area contributed by atoms with Crippen molar-refractivity contribution >= 4 is 81.3 Å². The van der Waals surface area contributed by atoms with E-state index in [1.807, 2.05) is 0 Å². The predicted molar refractivity (Wildman–Crippen MR) is 130 cm³/mol. The first-order valence-corrected chi connectivity index (χ1v) is 11.2. The molecule has 0 aliphatic rings. The van der Waals surface area contributed by atoms with Crippen LogP contribution in [-0.2, 0) is 9.47 Å². The number of nitrogens with one attached hydrogen (secondary N) is 2. The van der Waals surface area contributed by atoms with Crippen molar-refractivity contribution < 1.29 is 28.7 Å². The summed E-state index contributed by atoms with van der Waals surface area (Å²) >= 11 is 16.5. The van der Waals surface area contributed by atoms with Gasteiger partial charge in [-0.3, -0.25) is 14.6 Å². The van der Waals surface area contributed by atoms with Crippen LogP contribution in [0.5, 0.6) is 0 Å². The molecule has 2 amide bonds. The van der Waals surface area contributed by atoms with E-state index >= 15 is 0 Å². The minimum absolute atomic E-state index is 0.0820. The lowest BCUT2D eigenvalue weighted by Gasteiger charge is -2.11. The zero-order valence-corrected chi connectivity index (χ0v) is 20.7. The van der Waals surface area contributed by atoms with Crippen molar-refractivity contribution in [3.63, 3.8) is 0 Å². The number of rotatable bonds is 7. The first-order valence-electron chi connectivity index (χ1n) is 10.1. The quantitative estimate of drug-likeness (QED) is 0.288. The van der Waals surface area contributed by atoms with Crippen LogP contribution < -0.4 is 16.4 Å². The Bertz CT molecular complexity index is 1310. The Morgan fingerprint density at radius 1 is 1.19 bits per heavy atom. The molecule has 0 spiro atoms. The van der Waals surface area contributed by atoms with Crippen molar-refractivity contribution in [2.45, 2.75) is 10.7 Å². The monoisotopic (exact) mass is 557 g/mol. The number of nitrogen functional groups attached to an aromatic ring is 1. The van der Waals surface area contributed by atoms with E-state index in [1.165, 1.54) is 24.5 Å². The molecule has 0 saturated heterocycles. The van der Waals surface area contributed by atoms with Gasteiger partial charge in [0.25, 0.3) is 11.8 Å². The Kier molecular flexibility index (Phi) is 8.50. The highest BCUT2D eigenvalue weighted by Gasteiger charge is 2.25. The number of hydrogen-bond donors (Lipinski definition) is 3. The number of carbonyl (C=O) groups excluding carboxylic acids is 4. The van der Waals surface area contributed by atoms with Crippen LogP contribution in [0.1, 0.15) is 32.4 Å². The van der Waals surface area contributed by atoms with Crippen LogP contribution in [-0.4, -0.2) is 67.2 Å². The molecule has 3 rings (SSSR count). The van der Waals surface area contributed by atoms with Crippen molar-refractivity contribution in [1.82, 2.24) is 25.1 Å². The van der Waals surface area contributed by atoms with E-state index in [2.05, 4.69) is 25.7 Å². The lowest BCUT2D eigenvalue weighted by molar-refractivity contribution is 0.0527. The average Bonchev–Trinajstić information content (AvgIpc) is 3.17. The third kappa shape index (κ3) is 6.71. The van der Waals surface area contributed by atoms with E-state index in [9.17, 15) is 19.2 Å². The fourth-order valence-corrected chi connectivity index (χ4v) is 2.95. The number of nitrogens with two attached hydrogens (primary N) is 1. The number of hydrogen-bond acceptors (Lipinski definition) is 10. The van der Waals surface area contributed by atoms with Gasteiger partial charge in [0.2, 0.25) is 3.79 Å². The molecule has 16 heteroatoms. The van der Waals surface area contributed by atoms with Crippen LogP contribution in [0.2, 0.25) is 0 Å². The minimum Gasteiger partial charge on any atom is -0.462 e. The molecule has 0 bridgehead atoms. The third-order valence-corrected chi connectivity index (χ3v) is 4.65. The van der Waals surface area contributed by atoms with E-state index in [4.69, 9.17) is 50.0 Å².